The number of rotatable bonds is 5. The fourth-order valence-electron chi connectivity index (χ4n) is 1.47. The minimum atomic E-state index is 0.531. The second-order valence-electron chi connectivity index (χ2n) is 3.30. The first kappa shape index (κ1) is 9.85. The van der Waals surface area contributed by atoms with E-state index in [2.05, 4.69) is 19.9 Å². The van der Waals surface area contributed by atoms with Crippen molar-refractivity contribution in [2.45, 2.75) is 26.1 Å². The van der Waals surface area contributed by atoms with Crippen LogP contribution in [0.1, 0.15) is 12.1 Å². The summed E-state index contributed by atoms with van der Waals surface area (Å²) in [5, 5.41) is 7.64. The van der Waals surface area contributed by atoms with Crippen molar-refractivity contribution in [2.24, 2.45) is 5.73 Å². The second kappa shape index (κ2) is 4.70. The van der Waals surface area contributed by atoms with Crippen LogP contribution in [0.4, 0.5) is 0 Å². The molecule has 2 heterocycles. The van der Waals surface area contributed by atoms with Gasteiger partial charge in [0.25, 0.3) is 0 Å². The number of hydrogen-bond donors (Lipinski definition) is 1. The maximum Gasteiger partial charge on any atom is 0.0948 e. The molecule has 0 amide bonds. The minimum absolute atomic E-state index is 0.531. The number of hydrogen-bond acceptors (Lipinski definition) is 4. The molecule has 0 saturated heterocycles. The molecule has 6 heteroatoms. The highest BCUT2D eigenvalue weighted by atomic mass is 15.4. The van der Waals surface area contributed by atoms with E-state index in [-0.39, 0.29) is 0 Å². The van der Waals surface area contributed by atoms with Gasteiger partial charge in [0.1, 0.15) is 0 Å². The SMILES string of the molecule is NCc1cncn1CCCn1ccnn1. The lowest BCUT2D eigenvalue weighted by Crippen LogP contribution is -2.09. The molecule has 15 heavy (non-hydrogen) atoms. The van der Waals surface area contributed by atoms with E-state index in [1.54, 1.807) is 12.4 Å². The van der Waals surface area contributed by atoms with E-state index in [1.165, 1.54) is 0 Å². The minimum Gasteiger partial charge on any atom is -0.333 e. The molecule has 0 saturated carbocycles. The van der Waals surface area contributed by atoms with Crippen LogP contribution in [0.3, 0.4) is 0 Å². The van der Waals surface area contributed by atoms with Crippen molar-refractivity contribution in [1.82, 2.24) is 24.5 Å². The van der Waals surface area contributed by atoms with Crippen LogP contribution < -0.4 is 5.73 Å². The van der Waals surface area contributed by atoms with Crippen molar-refractivity contribution in [3.05, 3.63) is 30.6 Å². The summed E-state index contributed by atoms with van der Waals surface area (Å²) < 4.78 is 3.88. The average molecular weight is 206 g/mol. The predicted octanol–water partition coefficient (Wildman–Crippen LogP) is 0.0236. The first-order chi connectivity index (χ1) is 7.40. The van der Waals surface area contributed by atoms with Gasteiger partial charge in [0, 0.05) is 32.0 Å². The van der Waals surface area contributed by atoms with Crippen molar-refractivity contribution in [2.75, 3.05) is 0 Å². The number of nitrogens with zero attached hydrogens (tertiary/aromatic N) is 5. The Morgan fingerprint density at radius 2 is 2.27 bits per heavy atom. The Labute approximate surface area is 87.7 Å². The summed E-state index contributed by atoms with van der Waals surface area (Å²) >= 11 is 0. The summed E-state index contributed by atoms with van der Waals surface area (Å²) in [7, 11) is 0. The molecule has 0 unspecified atom stereocenters. The summed E-state index contributed by atoms with van der Waals surface area (Å²) in [6.07, 6.45) is 8.14. The maximum absolute atomic E-state index is 5.57. The fraction of sp³-hybridized carbons (Fsp3) is 0.444. The number of nitrogens with two attached hydrogens (primary N) is 1. The van der Waals surface area contributed by atoms with Gasteiger partial charge in [-0.05, 0) is 6.42 Å². The van der Waals surface area contributed by atoms with E-state index in [1.807, 2.05) is 17.2 Å². The second-order valence-corrected chi connectivity index (χ2v) is 3.30. The normalized spacial score (nSPS) is 10.7. The van der Waals surface area contributed by atoms with Gasteiger partial charge in [-0.1, -0.05) is 5.21 Å². The lowest BCUT2D eigenvalue weighted by Gasteiger charge is -2.05. The highest BCUT2D eigenvalue weighted by molar-refractivity contribution is 4.96. The molecule has 0 aliphatic rings. The molecule has 2 N–H and O–H groups in total. The fourth-order valence-corrected chi connectivity index (χ4v) is 1.47. The van der Waals surface area contributed by atoms with Gasteiger partial charge >= 0.3 is 0 Å². The van der Waals surface area contributed by atoms with E-state index >= 15 is 0 Å². The molecular formula is C9H14N6. The largest absolute Gasteiger partial charge is 0.333 e. The molecule has 2 aromatic heterocycles. The Morgan fingerprint density at radius 1 is 1.33 bits per heavy atom. The third-order valence-electron chi connectivity index (χ3n) is 2.27. The zero-order chi connectivity index (χ0) is 10.5. The number of aryl methyl sites for hydroxylation is 2. The molecule has 0 aliphatic carbocycles. The summed E-state index contributed by atoms with van der Waals surface area (Å²) in [4.78, 5) is 4.06. The van der Waals surface area contributed by atoms with Gasteiger partial charge in [0.2, 0.25) is 0 Å². The van der Waals surface area contributed by atoms with Crippen LogP contribution in [0.5, 0.6) is 0 Å². The van der Waals surface area contributed by atoms with Gasteiger partial charge in [-0.15, -0.1) is 5.10 Å². The summed E-state index contributed by atoms with van der Waals surface area (Å²) in [5.41, 5.74) is 6.64. The van der Waals surface area contributed by atoms with Crippen LogP contribution in [-0.2, 0) is 19.6 Å². The van der Waals surface area contributed by atoms with Crippen LogP contribution in [-0.4, -0.2) is 24.5 Å². The van der Waals surface area contributed by atoms with Crippen molar-refractivity contribution in [3.8, 4) is 0 Å². The molecule has 0 atom stereocenters. The standard InChI is InChI=1S/C9H14N6/c10-6-9-7-11-8-14(9)3-1-4-15-5-2-12-13-15/h2,5,7-8H,1,3-4,6,10H2. The zero-order valence-corrected chi connectivity index (χ0v) is 8.45. The van der Waals surface area contributed by atoms with E-state index in [9.17, 15) is 0 Å². The molecule has 0 bridgehead atoms. The van der Waals surface area contributed by atoms with Crippen molar-refractivity contribution in [1.29, 1.82) is 0 Å². The molecule has 0 spiro atoms. The molecule has 80 valence electrons. The Bertz CT molecular complexity index is 390. The van der Waals surface area contributed by atoms with Crippen LogP contribution >= 0.6 is 0 Å². The Balaban J connectivity index is 1.83. The van der Waals surface area contributed by atoms with Gasteiger partial charge < -0.3 is 10.3 Å². The average Bonchev–Trinajstić information content (AvgIpc) is 2.88. The predicted molar refractivity (Wildman–Crippen MR) is 54.8 cm³/mol. The summed E-state index contributed by atoms with van der Waals surface area (Å²) in [6, 6.07) is 0. The first-order valence-corrected chi connectivity index (χ1v) is 4.93. The number of aromatic nitrogens is 5. The molecule has 6 nitrogen and oxygen atoms in total. The molecule has 0 radical (unpaired) electrons. The van der Waals surface area contributed by atoms with E-state index < -0.39 is 0 Å². The lowest BCUT2D eigenvalue weighted by atomic mass is 10.4. The van der Waals surface area contributed by atoms with Crippen LogP contribution in [0.25, 0.3) is 0 Å². The Kier molecular flexibility index (Phi) is 3.08. The van der Waals surface area contributed by atoms with Gasteiger partial charge in [0.05, 0.1) is 18.2 Å². The van der Waals surface area contributed by atoms with Crippen LogP contribution in [0, 0.1) is 0 Å². The zero-order valence-electron chi connectivity index (χ0n) is 8.45. The molecule has 0 aliphatic heterocycles. The molecular weight excluding hydrogens is 192 g/mol. The summed E-state index contributed by atoms with van der Waals surface area (Å²) in [6.45, 7) is 2.30. The van der Waals surface area contributed by atoms with Crippen LogP contribution in [0.15, 0.2) is 24.9 Å². The van der Waals surface area contributed by atoms with Crippen LogP contribution in [0.2, 0.25) is 0 Å². The maximum atomic E-state index is 5.57. The first-order valence-electron chi connectivity index (χ1n) is 4.93. The van der Waals surface area contributed by atoms with E-state index in [0.717, 1.165) is 25.2 Å². The number of imidazole rings is 1. The third-order valence-corrected chi connectivity index (χ3v) is 2.27. The molecule has 0 fully saturated rings. The van der Waals surface area contributed by atoms with Crippen molar-refractivity contribution < 1.29 is 0 Å². The monoisotopic (exact) mass is 206 g/mol. The quantitative estimate of drug-likeness (QED) is 0.748. The smallest absolute Gasteiger partial charge is 0.0948 e. The summed E-state index contributed by atoms with van der Waals surface area (Å²) in [5.74, 6) is 0. The van der Waals surface area contributed by atoms with Crippen molar-refractivity contribution in [3.63, 3.8) is 0 Å². The molecule has 0 aromatic carbocycles. The van der Waals surface area contributed by atoms with E-state index in [0.29, 0.717) is 6.54 Å². The highest BCUT2D eigenvalue weighted by Crippen LogP contribution is 2.00. The topological polar surface area (TPSA) is 74.5 Å². The van der Waals surface area contributed by atoms with Gasteiger partial charge in [-0.2, -0.15) is 0 Å². The van der Waals surface area contributed by atoms with Gasteiger partial charge in [-0.25, -0.2) is 4.98 Å². The van der Waals surface area contributed by atoms with Gasteiger partial charge in [0.15, 0.2) is 0 Å². The highest BCUT2D eigenvalue weighted by Gasteiger charge is 1.99. The lowest BCUT2D eigenvalue weighted by molar-refractivity contribution is 0.508. The Morgan fingerprint density at radius 3 is 3.00 bits per heavy atom. The Hall–Kier alpha value is -1.69. The third kappa shape index (κ3) is 2.41. The van der Waals surface area contributed by atoms with E-state index in [4.69, 9.17) is 5.73 Å². The molecule has 2 rings (SSSR count). The molecule has 2 aromatic rings. The van der Waals surface area contributed by atoms with Gasteiger partial charge in [-0.3, -0.25) is 4.68 Å². The van der Waals surface area contributed by atoms with Crippen molar-refractivity contribution >= 4 is 0 Å².